The average Bonchev–Trinajstić information content (AvgIpc) is 2.55. The van der Waals surface area contributed by atoms with Crippen LogP contribution in [0.2, 0.25) is 8.67 Å². The Balaban J connectivity index is 2.70. The van der Waals surface area contributed by atoms with Crippen LogP contribution in [0.4, 0.5) is 4.79 Å². The van der Waals surface area contributed by atoms with Crippen molar-refractivity contribution in [3.05, 3.63) is 20.3 Å². The highest BCUT2D eigenvalue weighted by molar-refractivity contribution is 7.20. The predicted molar refractivity (Wildman–Crippen MR) is 66.7 cm³/mol. The second kappa shape index (κ2) is 6.08. The number of amides is 1. The van der Waals surface area contributed by atoms with Crippen molar-refractivity contribution >= 4 is 46.3 Å². The summed E-state index contributed by atoms with van der Waals surface area (Å²) in [5.41, 5.74) is 3.52. The van der Waals surface area contributed by atoms with Gasteiger partial charge in [-0.2, -0.15) is 5.10 Å². The van der Waals surface area contributed by atoms with E-state index in [9.17, 15) is 4.79 Å². The summed E-state index contributed by atoms with van der Waals surface area (Å²) in [6, 6.07) is 1.69. The van der Waals surface area contributed by atoms with Gasteiger partial charge in [0.1, 0.15) is 4.34 Å². The lowest BCUT2D eigenvalue weighted by molar-refractivity contribution is 0.152. The summed E-state index contributed by atoms with van der Waals surface area (Å²) in [4.78, 5) is 11.0. The van der Waals surface area contributed by atoms with Crippen LogP contribution in [0.25, 0.3) is 0 Å². The first kappa shape index (κ1) is 13.3. The number of nitrogens with zero attached hydrogens (tertiary/aromatic N) is 1. The molecular formula is C9H10Cl2N2O2S. The van der Waals surface area contributed by atoms with Crippen molar-refractivity contribution in [3.63, 3.8) is 0 Å². The topological polar surface area (TPSA) is 50.7 Å². The third kappa shape index (κ3) is 3.66. The van der Waals surface area contributed by atoms with E-state index < -0.39 is 6.09 Å². The molecule has 0 bridgehead atoms. The molecule has 7 heteroatoms. The predicted octanol–water partition coefficient (Wildman–Crippen LogP) is 3.53. The van der Waals surface area contributed by atoms with Gasteiger partial charge in [0, 0.05) is 5.56 Å². The molecule has 0 saturated carbocycles. The van der Waals surface area contributed by atoms with Crippen LogP contribution in [0.15, 0.2) is 11.2 Å². The monoisotopic (exact) mass is 280 g/mol. The highest BCUT2D eigenvalue weighted by atomic mass is 35.5. The SMILES string of the molecule is CCOC(=O)NN=C(C)c1cc(Cl)sc1Cl. The summed E-state index contributed by atoms with van der Waals surface area (Å²) >= 11 is 13.0. The number of rotatable bonds is 3. The molecule has 0 aliphatic rings. The summed E-state index contributed by atoms with van der Waals surface area (Å²) in [5, 5.41) is 3.84. The zero-order valence-electron chi connectivity index (χ0n) is 8.71. The third-order valence-electron chi connectivity index (χ3n) is 1.64. The van der Waals surface area contributed by atoms with Crippen molar-refractivity contribution in [2.24, 2.45) is 5.10 Å². The van der Waals surface area contributed by atoms with Gasteiger partial charge >= 0.3 is 6.09 Å². The number of carbonyl (C=O) groups excluding carboxylic acids is 1. The lowest BCUT2D eigenvalue weighted by Gasteiger charge is -2.01. The molecule has 0 fully saturated rings. The zero-order chi connectivity index (χ0) is 12.1. The number of halogens is 2. The Kier molecular flexibility index (Phi) is 5.05. The van der Waals surface area contributed by atoms with Crippen LogP contribution >= 0.6 is 34.5 Å². The van der Waals surface area contributed by atoms with Gasteiger partial charge in [-0.3, -0.25) is 0 Å². The van der Waals surface area contributed by atoms with E-state index in [0.717, 1.165) is 0 Å². The largest absolute Gasteiger partial charge is 0.449 e. The number of carbonyl (C=O) groups is 1. The van der Waals surface area contributed by atoms with Gasteiger partial charge < -0.3 is 4.74 Å². The molecule has 1 aromatic rings. The Bertz CT molecular complexity index is 418. The number of hydrazone groups is 1. The maximum absolute atomic E-state index is 11.0. The number of hydrogen-bond donors (Lipinski definition) is 1. The van der Waals surface area contributed by atoms with E-state index in [1.54, 1.807) is 19.9 Å². The molecule has 1 aromatic heterocycles. The molecule has 0 atom stereocenters. The molecule has 1 rings (SSSR count). The molecule has 0 saturated heterocycles. The van der Waals surface area contributed by atoms with Crippen molar-refractivity contribution in [3.8, 4) is 0 Å². The van der Waals surface area contributed by atoms with Gasteiger partial charge in [0.25, 0.3) is 0 Å². The van der Waals surface area contributed by atoms with Gasteiger partial charge in [-0.1, -0.05) is 23.2 Å². The molecule has 16 heavy (non-hydrogen) atoms. The third-order valence-corrected chi connectivity index (χ3v) is 3.12. The molecule has 1 amide bonds. The molecule has 0 radical (unpaired) electrons. The minimum atomic E-state index is -0.598. The fraction of sp³-hybridized carbons (Fsp3) is 0.333. The molecule has 88 valence electrons. The lowest BCUT2D eigenvalue weighted by Crippen LogP contribution is -2.20. The van der Waals surface area contributed by atoms with E-state index >= 15 is 0 Å². The smallest absolute Gasteiger partial charge is 0.427 e. The van der Waals surface area contributed by atoms with E-state index in [-0.39, 0.29) is 0 Å². The fourth-order valence-electron chi connectivity index (χ4n) is 0.940. The molecule has 1 N–H and O–H groups in total. The summed E-state index contributed by atoms with van der Waals surface area (Å²) in [5.74, 6) is 0. The van der Waals surface area contributed by atoms with E-state index in [1.807, 2.05) is 0 Å². The van der Waals surface area contributed by atoms with Gasteiger partial charge in [-0.25, -0.2) is 10.2 Å². The van der Waals surface area contributed by atoms with Gasteiger partial charge in [-0.05, 0) is 19.9 Å². The first-order chi connectivity index (χ1) is 7.54. The van der Waals surface area contributed by atoms with E-state index in [1.165, 1.54) is 11.3 Å². The van der Waals surface area contributed by atoms with Crippen LogP contribution in [0.1, 0.15) is 19.4 Å². The minimum absolute atomic E-state index is 0.297. The first-order valence-corrected chi connectivity index (χ1v) is 6.04. The Hall–Kier alpha value is -0.780. The first-order valence-electron chi connectivity index (χ1n) is 4.46. The van der Waals surface area contributed by atoms with Crippen LogP contribution in [-0.4, -0.2) is 18.4 Å². The van der Waals surface area contributed by atoms with Crippen molar-refractivity contribution in [2.75, 3.05) is 6.61 Å². The quantitative estimate of drug-likeness (QED) is 0.680. The average molecular weight is 281 g/mol. The van der Waals surface area contributed by atoms with Gasteiger partial charge in [0.05, 0.1) is 16.7 Å². The van der Waals surface area contributed by atoms with Gasteiger partial charge in [0.2, 0.25) is 0 Å². The molecule has 0 unspecified atom stereocenters. The van der Waals surface area contributed by atoms with Gasteiger partial charge in [-0.15, -0.1) is 11.3 Å². The molecule has 4 nitrogen and oxygen atoms in total. The number of thiophene rings is 1. The second-order valence-electron chi connectivity index (χ2n) is 2.77. The van der Waals surface area contributed by atoms with Crippen LogP contribution in [-0.2, 0) is 4.74 Å². The number of ether oxygens (including phenoxy) is 1. The van der Waals surface area contributed by atoms with E-state index in [2.05, 4.69) is 15.3 Å². The molecular weight excluding hydrogens is 271 g/mol. The van der Waals surface area contributed by atoms with E-state index in [4.69, 9.17) is 23.2 Å². The van der Waals surface area contributed by atoms with Crippen LogP contribution in [0.5, 0.6) is 0 Å². The molecule has 0 aliphatic carbocycles. The highest BCUT2D eigenvalue weighted by Gasteiger charge is 2.09. The van der Waals surface area contributed by atoms with E-state index in [0.29, 0.717) is 26.6 Å². The molecule has 1 heterocycles. The number of nitrogens with one attached hydrogen (secondary N) is 1. The second-order valence-corrected chi connectivity index (χ2v) is 5.05. The lowest BCUT2D eigenvalue weighted by atomic mass is 10.2. The van der Waals surface area contributed by atoms with Crippen LogP contribution in [0, 0.1) is 0 Å². The molecule has 0 aromatic carbocycles. The maximum atomic E-state index is 11.0. The summed E-state index contributed by atoms with van der Waals surface area (Å²) < 4.78 is 5.76. The summed E-state index contributed by atoms with van der Waals surface area (Å²) in [6.07, 6.45) is -0.598. The molecule has 0 aliphatic heterocycles. The zero-order valence-corrected chi connectivity index (χ0v) is 11.0. The fourth-order valence-corrected chi connectivity index (χ4v) is 2.50. The summed E-state index contributed by atoms with van der Waals surface area (Å²) in [7, 11) is 0. The Morgan fingerprint density at radius 2 is 2.31 bits per heavy atom. The highest BCUT2D eigenvalue weighted by Crippen LogP contribution is 2.31. The Morgan fingerprint density at radius 3 is 2.81 bits per heavy atom. The van der Waals surface area contributed by atoms with Crippen molar-refractivity contribution in [2.45, 2.75) is 13.8 Å². The Labute approximate surface area is 107 Å². The minimum Gasteiger partial charge on any atom is -0.449 e. The number of hydrogen-bond acceptors (Lipinski definition) is 4. The normalized spacial score (nSPS) is 11.4. The maximum Gasteiger partial charge on any atom is 0.427 e. The summed E-state index contributed by atoms with van der Waals surface area (Å²) in [6.45, 7) is 3.73. The van der Waals surface area contributed by atoms with Crippen molar-refractivity contribution in [1.82, 2.24) is 5.43 Å². The van der Waals surface area contributed by atoms with Crippen LogP contribution < -0.4 is 5.43 Å². The van der Waals surface area contributed by atoms with Gasteiger partial charge in [0.15, 0.2) is 0 Å². The standard InChI is InChI=1S/C9H10Cl2N2O2S/c1-3-15-9(14)13-12-5(2)6-4-7(10)16-8(6)11/h4H,3H2,1-2H3,(H,13,14). The molecule has 0 spiro atoms. The Morgan fingerprint density at radius 1 is 1.62 bits per heavy atom. The van der Waals surface area contributed by atoms with Crippen molar-refractivity contribution < 1.29 is 9.53 Å². The van der Waals surface area contributed by atoms with Crippen molar-refractivity contribution in [1.29, 1.82) is 0 Å². The van der Waals surface area contributed by atoms with Crippen LogP contribution in [0.3, 0.4) is 0 Å².